The first-order chi connectivity index (χ1) is 8.57. The van der Waals surface area contributed by atoms with Crippen LogP contribution in [0.4, 0.5) is 13.2 Å². The molecule has 6 heteroatoms. The van der Waals surface area contributed by atoms with E-state index in [1.165, 1.54) is 12.1 Å². The molecule has 0 fully saturated rings. The Morgan fingerprint density at radius 3 is 2.05 bits per heavy atom. The molecule has 1 rings (SSSR count). The molecule has 19 heavy (non-hydrogen) atoms. The summed E-state index contributed by atoms with van der Waals surface area (Å²) in [5.74, 6) is -0.202. The normalized spacial score (nSPS) is 14.3. The quantitative estimate of drug-likeness (QED) is 0.814. The molecule has 1 aromatic carbocycles. The van der Waals surface area contributed by atoms with Crippen LogP contribution in [0.3, 0.4) is 0 Å². The van der Waals surface area contributed by atoms with E-state index in [1.54, 1.807) is 24.1 Å². The van der Waals surface area contributed by atoms with E-state index >= 15 is 0 Å². The number of benzene rings is 1. The predicted molar refractivity (Wildman–Crippen MR) is 72.0 cm³/mol. The molecule has 0 aliphatic rings. The van der Waals surface area contributed by atoms with Gasteiger partial charge in [0.2, 0.25) is 0 Å². The van der Waals surface area contributed by atoms with Crippen molar-refractivity contribution in [3.63, 3.8) is 0 Å². The first kappa shape index (κ1) is 16.2. The fourth-order valence-corrected chi connectivity index (χ4v) is 1.96. The largest absolute Gasteiger partial charge is 0.573 e. The minimum atomic E-state index is -4.65. The summed E-state index contributed by atoms with van der Waals surface area (Å²) in [4.78, 5) is 0. The minimum absolute atomic E-state index is 0.0455. The van der Waals surface area contributed by atoms with Crippen LogP contribution in [0.15, 0.2) is 24.3 Å². The molecule has 0 aliphatic heterocycles. The van der Waals surface area contributed by atoms with Crippen molar-refractivity contribution in [2.75, 3.05) is 0 Å². The fraction of sp³-hybridized carbons (Fsp3) is 0.538. The maximum absolute atomic E-state index is 12.0. The molecule has 0 spiro atoms. The standard InChI is InChI=1S/C13H18F3NOS/c1-9(17-19-12(2,3)4)10-5-7-11(8-6-10)18-13(14,15)16/h5-9,17H,1-4H3. The van der Waals surface area contributed by atoms with Gasteiger partial charge in [-0.05, 0) is 45.4 Å². The molecular formula is C13H18F3NOS. The van der Waals surface area contributed by atoms with E-state index in [0.717, 1.165) is 5.56 Å². The van der Waals surface area contributed by atoms with Gasteiger partial charge >= 0.3 is 6.36 Å². The molecule has 2 nitrogen and oxygen atoms in total. The van der Waals surface area contributed by atoms with Crippen LogP contribution in [0.25, 0.3) is 0 Å². The van der Waals surface area contributed by atoms with Gasteiger partial charge in [-0.2, -0.15) is 0 Å². The molecule has 108 valence electrons. The molecule has 0 aliphatic carbocycles. The average Bonchev–Trinajstić information content (AvgIpc) is 2.23. The third-order valence-electron chi connectivity index (χ3n) is 2.16. The summed E-state index contributed by atoms with van der Waals surface area (Å²) < 4.78 is 43.2. The van der Waals surface area contributed by atoms with Crippen molar-refractivity contribution in [3.05, 3.63) is 29.8 Å². The minimum Gasteiger partial charge on any atom is -0.406 e. The lowest BCUT2D eigenvalue weighted by Gasteiger charge is -2.22. The van der Waals surface area contributed by atoms with Crippen LogP contribution in [0.1, 0.15) is 39.3 Å². The van der Waals surface area contributed by atoms with Crippen LogP contribution in [0.5, 0.6) is 5.75 Å². The van der Waals surface area contributed by atoms with Crippen molar-refractivity contribution in [1.82, 2.24) is 4.72 Å². The van der Waals surface area contributed by atoms with Crippen LogP contribution in [-0.2, 0) is 0 Å². The van der Waals surface area contributed by atoms with E-state index in [4.69, 9.17) is 0 Å². The zero-order valence-electron chi connectivity index (χ0n) is 11.3. The van der Waals surface area contributed by atoms with Crippen molar-refractivity contribution in [2.24, 2.45) is 0 Å². The van der Waals surface area contributed by atoms with Crippen molar-refractivity contribution in [3.8, 4) is 5.75 Å². The summed E-state index contributed by atoms with van der Waals surface area (Å²) in [6.07, 6.45) is -4.65. The maximum atomic E-state index is 12.0. The van der Waals surface area contributed by atoms with E-state index in [0.29, 0.717) is 0 Å². The molecule has 0 saturated heterocycles. The highest BCUT2D eigenvalue weighted by Gasteiger charge is 2.31. The third-order valence-corrected chi connectivity index (χ3v) is 3.24. The first-order valence-corrected chi connectivity index (χ1v) is 6.68. The highest BCUT2D eigenvalue weighted by Crippen LogP contribution is 2.27. The zero-order valence-corrected chi connectivity index (χ0v) is 12.2. The Morgan fingerprint density at radius 1 is 1.11 bits per heavy atom. The SMILES string of the molecule is CC(NSC(C)(C)C)c1ccc(OC(F)(F)F)cc1. The van der Waals surface area contributed by atoms with E-state index < -0.39 is 6.36 Å². The van der Waals surface area contributed by atoms with Crippen LogP contribution in [0.2, 0.25) is 0 Å². The first-order valence-electron chi connectivity index (χ1n) is 5.86. The summed E-state index contributed by atoms with van der Waals surface area (Å²) >= 11 is 1.59. The monoisotopic (exact) mass is 293 g/mol. The van der Waals surface area contributed by atoms with Gasteiger partial charge in [0.25, 0.3) is 0 Å². The number of ether oxygens (including phenoxy) is 1. The van der Waals surface area contributed by atoms with E-state index in [2.05, 4.69) is 30.2 Å². The Bertz CT molecular complexity index is 398. The molecular weight excluding hydrogens is 275 g/mol. The third kappa shape index (κ3) is 6.73. The number of rotatable bonds is 4. The lowest BCUT2D eigenvalue weighted by atomic mass is 10.1. The fourth-order valence-electron chi connectivity index (χ4n) is 1.29. The summed E-state index contributed by atoms with van der Waals surface area (Å²) in [6.45, 7) is 8.20. The Kier molecular flexibility index (Phi) is 5.15. The molecule has 0 heterocycles. The van der Waals surface area contributed by atoms with Gasteiger partial charge in [0.05, 0.1) is 0 Å². The molecule has 1 N–H and O–H groups in total. The Hall–Kier alpha value is -0.880. The number of hydrogen-bond donors (Lipinski definition) is 1. The van der Waals surface area contributed by atoms with Crippen molar-refractivity contribution >= 4 is 11.9 Å². The lowest BCUT2D eigenvalue weighted by Crippen LogP contribution is -2.20. The highest BCUT2D eigenvalue weighted by molar-refractivity contribution is 7.98. The molecule has 1 aromatic rings. The maximum Gasteiger partial charge on any atom is 0.573 e. The molecule has 0 bridgehead atoms. The van der Waals surface area contributed by atoms with Crippen LogP contribution >= 0.6 is 11.9 Å². The second-order valence-electron chi connectivity index (χ2n) is 5.17. The van der Waals surface area contributed by atoms with Gasteiger partial charge in [-0.25, -0.2) is 0 Å². The van der Waals surface area contributed by atoms with Gasteiger partial charge in [0.1, 0.15) is 5.75 Å². The van der Waals surface area contributed by atoms with Gasteiger partial charge in [-0.15, -0.1) is 13.2 Å². The van der Waals surface area contributed by atoms with Gasteiger partial charge in [0.15, 0.2) is 0 Å². The molecule has 1 unspecified atom stereocenters. The molecule has 0 saturated carbocycles. The van der Waals surface area contributed by atoms with E-state index in [-0.39, 0.29) is 16.5 Å². The van der Waals surface area contributed by atoms with Crippen LogP contribution in [0, 0.1) is 0 Å². The Morgan fingerprint density at radius 2 is 1.63 bits per heavy atom. The van der Waals surface area contributed by atoms with Crippen LogP contribution < -0.4 is 9.46 Å². The molecule has 1 atom stereocenters. The van der Waals surface area contributed by atoms with Gasteiger partial charge < -0.3 is 4.74 Å². The molecule has 0 radical (unpaired) electrons. The van der Waals surface area contributed by atoms with Crippen LogP contribution in [-0.4, -0.2) is 11.1 Å². The van der Waals surface area contributed by atoms with Crippen molar-refractivity contribution < 1.29 is 17.9 Å². The number of halogens is 3. The van der Waals surface area contributed by atoms with Gasteiger partial charge in [-0.1, -0.05) is 24.1 Å². The van der Waals surface area contributed by atoms with Crippen molar-refractivity contribution in [2.45, 2.75) is 44.8 Å². The summed E-state index contributed by atoms with van der Waals surface area (Å²) in [7, 11) is 0. The zero-order chi connectivity index (χ0) is 14.7. The average molecular weight is 293 g/mol. The predicted octanol–water partition coefficient (Wildman–Crippen LogP) is 4.68. The van der Waals surface area contributed by atoms with Gasteiger partial charge in [-0.3, -0.25) is 4.72 Å². The molecule has 0 amide bonds. The smallest absolute Gasteiger partial charge is 0.406 e. The Labute approximate surface area is 115 Å². The lowest BCUT2D eigenvalue weighted by molar-refractivity contribution is -0.274. The number of nitrogens with one attached hydrogen (secondary N) is 1. The van der Waals surface area contributed by atoms with E-state index in [9.17, 15) is 13.2 Å². The van der Waals surface area contributed by atoms with E-state index in [1.807, 2.05) is 6.92 Å². The van der Waals surface area contributed by atoms with Crippen molar-refractivity contribution in [1.29, 1.82) is 0 Å². The molecule has 0 aromatic heterocycles. The van der Waals surface area contributed by atoms with Gasteiger partial charge in [0, 0.05) is 10.8 Å². The summed E-state index contributed by atoms with van der Waals surface area (Å²) in [6, 6.07) is 5.94. The Balaban J connectivity index is 2.60. The highest BCUT2D eigenvalue weighted by atomic mass is 32.2. The second-order valence-corrected chi connectivity index (χ2v) is 6.84. The summed E-state index contributed by atoms with van der Waals surface area (Å²) in [5.41, 5.74) is 0.909. The summed E-state index contributed by atoms with van der Waals surface area (Å²) in [5, 5.41) is 0. The topological polar surface area (TPSA) is 21.3 Å². The number of alkyl halides is 3. The number of hydrogen-bond acceptors (Lipinski definition) is 3. The second kappa shape index (κ2) is 6.05.